The summed E-state index contributed by atoms with van der Waals surface area (Å²) >= 11 is 1.37. The van der Waals surface area contributed by atoms with Crippen LogP contribution in [0.1, 0.15) is 21.7 Å². The third kappa shape index (κ3) is 2.58. The maximum Gasteiger partial charge on any atom is 0.348 e. The van der Waals surface area contributed by atoms with Gasteiger partial charge in [-0.2, -0.15) is 0 Å². The average molecular weight is 306 g/mol. The number of carbonyl (C=O) groups excluding carboxylic acids is 1. The van der Waals surface area contributed by atoms with Gasteiger partial charge in [-0.1, -0.05) is 0 Å². The highest BCUT2D eigenvalue weighted by atomic mass is 32.1. The number of thiophene rings is 1. The number of hydrogen-bond donors (Lipinski definition) is 1. The molecular formula is C14H18N4O2S. The normalized spacial score (nSPS) is 16.0. The highest BCUT2D eigenvalue weighted by molar-refractivity contribution is 7.20. The Hall–Kier alpha value is -1.73. The molecule has 0 unspecified atom stereocenters. The summed E-state index contributed by atoms with van der Waals surface area (Å²) in [5.74, 6) is 0.617. The van der Waals surface area contributed by atoms with Crippen molar-refractivity contribution in [1.29, 1.82) is 0 Å². The predicted molar refractivity (Wildman–Crippen MR) is 83.2 cm³/mol. The number of hydrogen-bond acceptors (Lipinski definition) is 7. The molecule has 21 heavy (non-hydrogen) atoms. The second-order valence-corrected chi connectivity index (χ2v) is 6.01. The predicted octanol–water partition coefficient (Wildman–Crippen LogP) is 1.59. The molecule has 0 saturated carbocycles. The number of esters is 1. The van der Waals surface area contributed by atoms with Crippen molar-refractivity contribution in [3.05, 3.63) is 16.8 Å². The molecule has 112 valence electrons. The monoisotopic (exact) mass is 306 g/mol. The highest BCUT2D eigenvalue weighted by Crippen LogP contribution is 2.35. The van der Waals surface area contributed by atoms with E-state index in [1.165, 1.54) is 18.4 Å². The molecule has 1 fully saturated rings. The number of nitrogens with one attached hydrogen (secondary N) is 1. The van der Waals surface area contributed by atoms with E-state index in [1.807, 2.05) is 6.92 Å². The number of aryl methyl sites for hydroxylation is 1. The van der Waals surface area contributed by atoms with E-state index >= 15 is 0 Å². The number of ether oxygens (including phenoxy) is 1. The van der Waals surface area contributed by atoms with Crippen LogP contribution in [0.2, 0.25) is 0 Å². The van der Waals surface area contributed by atoms with E-state index in [9.17, 15) is 4.79 Å². The van der Waals surface area contributed by atoms with E-state index in [4.69, 9.17) is 4.74 Å². The second kappa shape index (κ2) is 5.95. The van der Waals surface area contributed by atoms with Gasteiger partial charge in [-0.05, 0) is 25.5 Å². The molecule has 0 amide bonds. The molecule has 0 aliphatic carbocycles. The van der Waals surface area contributed by atoms with Gasteiger partial charge >= 0.3 is 5.97 Å². The van der Waals surface area contributed by atoms with Crippen LogP contribution < -0.4 is 10.2 Å². The lowest BCUT2D eigenvalue weighted by atomic mass is 10.2. The van der Waals surface area contributed by atoms with E-state index in [-0.39, 0.29) is 5.97 Å². The van der Waals surface area contributed by atoms with Gasteiger partial charge in [0.25, 0.3) is 0 Å². The Labute approximate surface area is 127 Å². The summed E-state index contributed by atoms with van der Waals surface area (Å²) in [6, 6.07) is 0. The second-order valence-electron chi connectivity index (χ2n) is 5.02. The number of fused-ring (bicyclic) bond motifs is 1. The summed E-state index contributed by atoms with van der Waals surface area (Å²) < 4.78 is 4.85. The minimum Gasteiger partial charge on any atom is -0.465 e. The Kier molecular flexibility index (Phi) is 4.03. The van der Waals surface area contributed by atoms with Crippen LogP contribution in [-0.4, -0.2) is 49.2 Å². The first-order chi connectivity index (χ1) is 10.2. The maximum absolute atomic E-state index is 11.9. The minimum atomic E-state index is -0.306. The molecule has 1 aliphatic heterocycles. The Morgan fingerprint density at radius 3 is 3.05 bits per heavy atom. The molecule has 3 heterocycles. The third-order valence-electron chi connectivity index (χ3n) is 3.72. The molecule has 2 aromatic rings. The molecule has 0 atom stereocenters. The highest BCUT2D eigenvalue weighted by Gasteiger charge is 2.22. The fraction of sp³-hybridized carbons (Fsp3) is 0.500. The first kappa shape index (κ1) is 14.2. The van der Waals surface area contributed by atoms with Crippen molar-refractivity contribution in [3.63, 3.8) is 0 Å². The van der Waals surface area contributed by atoms with Gasteiger partial charge in [-0.25, -0.2) is 14.8 Å². The molecule has 0 radical (unpaired) electrons. The summed E-state index contributed by atoms with van der Waals surface area (Å²) in [5, 5.41) is 4.36. The molecule has 1 aliphatic rings. The van der Waals surface area contributed by atoms with Gasteiger partial charge in [0.2, 0.25) is 0 Å². The zero-order valence-electron chi connectivity index (χ0n) is 12.2. The van der Waals surface area contributed by atoms with Crippen molar-refractivity contribution >= 4 is 33.3 Å². The van der Waals surface area contributed by atoms with Crippen LogP contribution in [0.25, 0.3) is 10.2 Å². The number of aromatic nitrogens is 2. The lowest BCUT2D eigenvalue weighted by Crippen LogP contribution is -2.28. The zero-order valence-corrected chi connectivity index (χ0v) is 13.0. The van der Waals surface area contributed by atoms with Gasteiger partial charge in [0.15, 0.2) is 0 Å². The van der Waals surface area contributed by atoms with E-state index < -0.39 is 0 Å². The first-order valence-electron chi connectivity index (χ1n) is 7.00. The van der Waals surface area contributed by atoms with Gasteiger partial charge in [0.1, 0.15) is 21.9 Å². The van der Waals surface area contributed by atoms with Crippen molar-refractivity contribution in [1.82, 2.24) is 15.3 Å². The Balaban J connectivity index is 2.10. The number of carbonyl (C=O) groups is 1. The Morgan fingerprint density at radius 2 is 2.24 bits per heavy atom. The van der Waals surface area contributed by atoms with Crippen molar-refractivity contribution in [2.75, 3.05) is 38.2 Å². The topological polar surface area (TPSA) is 67.3 Å². The first-order valence-corrected chi connectivity index (χ1v) is 7.82. The van der Waals surface area contributed by atoms with E-state index in [0.29, 0.717) is 4.88 Å². The van der Waals surface area contributed by atoms with Crippen LogP contribution in [0.4, 0.5) is 5.82 Å². The third-order valence-corrected chi connectivity index (χ3v) is 4.90. The number of methoxy groups -OCH3 is 1. The fourth-order valence-corrected chi connectivity index (χ4v) is 3.70. The maximum atomic E-state index is 11.9. The summed E-state index contributed by atoms with van der Waals surface area (Å²) in [4.78, 5) is 24.4. The summed E-state index contributed by atoms with van der Waals surface area (Å²) in [6.07, 6.45) is 2.66. The molecule has 1 saturated heterocycles. The van der Waals surface area contributed by atoms with Gasteiger partial charge in [-0.15, -0.1) is 11.3 Å². The van der Waals surface area contributed by atoms with E-state index in [0.717, 1.165) is 54.2 Å². The van der Waals surface area contributed by atoms with Crippen LogP contribution in [0.5, 0.6) is 0 Å². The molecule has 0 aromatic carbocycles. The SMILES string of the molecule is COC(=O)c1sc2ncnc(N3CCCNCC3)c2c1C. The van der Waals surface area contributed by atoms with Crippen LogP contribution in [0, 0.1) is 6.92 Å². The van der Waals surface area contributed by atoms with E-state index in [1.54, 1.807) is 6.33 Å². The lowest BCUT2D eigenvalue weighted by molar-refractivity contribution is 0.0605. The molecule has 0 bridgehead atoms. The van der Waals surface area contributed by atoms with Crippen molar-refractivity contribution in [2.45, 2.75) is 13.3 Å². The molecule has 2 aromatic heterocycles. The van der Waals surface area contributed by atoms with E-state index in [2.05, 4.69) is 20.2 Å². The molecule has 3 rings (SSSR count). The van der Waals surface area contributed by atoms with Gasteiger partial charge in [0, 0.05) is 19.6 Å². The fourth-order valence-electron chi connectivity index (χ4n) is 2.64. The summed E-state index contributed by atoms with van der Waals surface area (Å²) in [6.45, 7) is 5.78. The van der Waals surface area contributed by atoms with Crippen LogP contribution in [0.15, 0.2) is 6.33 Å². The summed E-state index contributed by atoms with van der Waals surface area (Å²) in [5.41, 5.74) is 0.912. The van der Waals surface area contributed by atoms with Crippen LogP contribution >= 0.6 is 11.3 Å². The smallest absolute Gasteiger partial charge is 0.348 e. The number of anilines is 1. The lowest BCUT2D eigenvalue weighted by Gasteiger charge is -2.21. The zero-order chi connectivity index (χ0) is 14.8. The number of nitrogens with zero attached hydrogens (tertiary/aromatic N) is 3. The van der Waals surface area contributed by atoms with Crippen LogP contribution in [-0.2, 0) is 4.74 Å². The van der Waals surface area contributed by atoms with Crippen molar-refractivity contribution < 1.29 is 9.53 Å². The molecule has 7 heteroatoms. The van der Waals surface area contributed by atoms with Crippen molar-refractivity contribution in [2.24, 2.45) is 0 Å². The number of rotatable bonds is 2. The Bertz CT molecular complexity index is 662. The molecule has 1 N–H and O–H groups in total. The largest absolute Gasteiger partial charge is 0.465 e. The average Bonchev–Trinajstić information content (AvgIpc) is 2.70. The van der Waals surface area contributed by atoms with Crippen LogP contribution in [0.3, 0.4) is 0 Å². The standard InChI is InChI=1S/C14H18N4O2S/c1-9-10-12(18-6-3-4-15-5-7-18)16-8-17-13(10)21-11(9)14(19)20-2/h8,15H,3-7H2,1-2H3. The molecular weight excluding hydrogens is 288 g/mol. The molecule has 0 spiro atoms. The van der Waals surface area contributed by atoms with Gasteiger partial charge in [-0.3, -0.25) is 0 Å². The quantitative estimate of drug-likeness (QED) is 0.850. The molecule has 6 nitrogen and oxygen atoms in total. The Morgan fingerprint density at radius 1 is 1.38 bits per heavy atom. The summed E-state index contributed by atoms with van der Waals surface area (Å²) in [7, 11) is 1.40. The van der Waals surface area contributed by atoms with Gasteiger partial charge < -0.3 is 15.0 Å². The minimum absolute atomic E-state index is 0.306. The van der Waals surface area contributed by atoms with Crippen molar-refractivity contribution in [3.8, 4) is 0 Å². The van der Waals surface area contributed by atoms with Gasteiger partial charge in [0.05, 0.1) is 12.5 Å².